The molecule has 0 aromatic carbocycles. The van der Waals surface area contributed by atoms with Gasteiger partial charge in [0.05, 0.1) is 6.10 Å². The van der Waals surface area contributed by atoms with Crippen LogP contribution in [0.3, 0.4) is 0 Å². The zero-order chi connectivity index (χ0) is 21.5. The minimum atomic E-state index is -1.40. The normalized spacial score (nSPS) is 51.6. The fourth-order valence-corrected chi connectivity index (χ4v) is 7.87. The van der Waals surface area contributed by atoms with Crippen molar-refractivity contribution in [2.75, 3.05) is 0 Å². The highest BCUT2D eigenvalue weighted by Crippen LogP contribution is 2.69. The van der Waals surface area contributed by atoms with Gasteiger partial charge in [0.25, 0.3) is 0 Å². The number of carbonyl (C=O) groups excluding carboxylic acids is 1. The topological polar surface area (TPSA) is 93.1 Å². The second kappa shape index (κ2) is 6.50. The molecule has 3 saturated carbocycles. The van der Waals surface area contributed by atoms with Crippen molar-refractivity contribution in [3.05, 3.63) is 23.8 Å². The fourth-order valence-electron chi connectivity index (χ4n) is 7.87. The molecule has 4 aliphatic carbocycles. The van der Waals surface area contributed by atoms with Crippen molar-refractivity contribution >= 4 is 11.8 Å². The van der Waals surface area contributed by atoms with Crippen LogP contribution in [0, 0.1) is 28.6 Å². The van der Waals surface area contributed by atoms with Crippen LogP contribution in [0.15, 0.2) is 23.8 Å². The Kier molecular flexibility index (Phi) is 4.42. The van der Waals surface area contributed by atoms with Gasteiger partial charge in [0.1, 0.15) is 6.10 Å². The molecule has 5 aliphatic rings. The number of rotatable bonds is 3. The number of carboxylic acids is 1. The zero-order valence-corrected chi connectivity index (χ0v) is 18.0. The summed E-state index contributed by atoms with van der Waals surface area (Å²) >= 11 is 0. The van der Waals surface area contributed by atoms with Gasteiger partial charge >= 0.3 is 5.97 Å². The lowest BCUT2D eigenvalue weighted by Crippen LogP contribution is -2.63. The Labute approximate surface area is 177 Å². The molecule has 4 fully saturated rings. The summed E-state index contributed by atoms with van der Waals surface area (Å²) in [4.78, 5) is 24.6. The molecule has 30 heavy (non-hydrogen) atoms. The van der Waals surface area contributed by atoms with Crippen LogP contribution in [0.4, 0.5) is 0 Å². The summed E-state index contributed by atoms with van der Waals surface area (Å²) in [5, 5.41) is 21.8. The number of ether oxygens (including phenoxy) is 2. The van der Waals surface area contributed by atoms with Gasteiger partial charge in [-0.25, -0.2) is 4.79 Å². The van der Waals surface area contributed by atoms with Crippen molar-refractivity contribution in [3.8, 4) is 0 Å². The monoisotopic (exact) mass is 416 g/mol. The highest BCUT2D eigenvalue weighted by atomic mass is 16.7. The van der Waals surface area contributed by atoms with E-state index in [4.69, 9.17) is 9.47 Å². The van der Waals surface area contributed by atoms with Crippen molar-refractivity contribution in [1.29, 1.82) is 0 Å². The van der Waals surface area contributed by atoms with Crippen LogP contribution in [-0.2, 0) is 19.1 Å². The van der Waals surface area contributed by atoms with Gasteiger partial charge in [0.2, 0.25) is 0 Å². The molecule has 2 N–H and O–H groups in total. The van der Waals surface area contributed by atoms with Crippen molar-refractivity contribution in [1.82, 2.24) is 0 Å². The van der Waals surface area contributed by atoms with E-state index in [2.05, 4.69) is 6.92 Å². The van der Waals surface area contributed by atoms with Gasteiger partial charge in [-0.1, -0.05) is 38.8 Å². The maximum atomic E-state index is 12.7. The van der Waals surface area contributed by atoms with Crippen LogP contribution in [0.5, 0.6) is 0 Å². The Morgan fingerprint density at radius 3 is 2.80 bits per heavy atom. The quantitative estimate of drug-likeness (QED) is 0.734. The molecule has 1 aliphatic heterocycles. The van der Waals surface area contributed by atoms with E-state index in [0.717, 1.165) is 24.8 Å². The molecule has 6 nitrogen and oxygen atoms in total. The Hall–Kier alpha value is -1.50. The summed E-state index contributed by atoms with van der Waals surface area (Å²) < 4.78 is 12.4. The number of hydrogen-bond acceptors (Lipinski definition) is 5. The molecular weight excluding hydrogens is 384 g/mol. The minimum absolute atomic E-state index is 0.0139. The predicted molar refractivity (Wildman–Crippen MR) is 108 cm³/mol. The van der Waals surface area contributed by atoms with E-state index in [-0.39, 0.29) is 29.0 Å². The molecule has 0 bridgehead atoms. The molecule has 9 atom stereocenters. The average Bonchev–Trinajstić information content (AvgIpc) is 3.15. The molecule has 0 aromatic heterocycles. The number of aliphatic hydroxyl groups is 1. The number of aliphatic carboxylic acids is 1. The number of ketones is 1. The van der Waals surface area contributed by atoms with Crippen LogP contribution in [0.25, 0.3) is 0 Å². The molecule has 5 rings (SSSR count). The molecule has 0 radical (unpaired) electrons. The molecule has 5 unspecified atom stereocenters. The van der Waals surface area contributed by atoms with E-state index in [1.165, 1.54) is 0 Å². The molecular formula is C24H32O6. The smallest absolute Gasteiger partial charge is 0.339 e. The van der Waals surface area contributed by atoms with Gasteiger partial charge in [0, 0.05) is 16.7 Å². The van der Waals surface area contributed by atoms with Gasteiger partial charge < -0.3 is 19.7 Å². The third kappa shape index (κ3) is 2.36. The molecule has 1 heterocycles. The highest BCUT2D eigenvalue weighted by Gasteiger charge is 2.76. The van der Waals surface area contributed by atoms with Crippen molar-refractivity contribution in [2.24, 2.45) is 28.6 Å². The van der Waals surface area contributed by atoms with Crippen LogP contribution in [-0.4, -0.2) is 46.1 Å². The van der Waals surface area contributed by atoms with E-state index in [1.807, 2.05) is 19.9 Å². The second-order valence-corrected chi connectivity index (χ2v) is 10.4. The van der Waals surface area contributed by atoms with Crippen LogP contribution in [0.2, 0.25) is 0 Å². The molecule has 164 valence electrons. The van der Waals surface area contributed by atoms with E-state index in [1.54, 1.807) is 12.2 Å². The largest absolute Gasteiger partial charge is 0.479 e. The number of fused-ring (bicyclic) bond motifs is 7. The van der Waals surface area contributed by atoms with Gasteiger partial charge in [-0.15, -0.1) is 0 Å². The molecule has 1 saturated heterocycles. The van der Waals surface area contributed by atoms with E-state index >= 15 is 0 Å². The summed E-state index contributed by atoms with van der Waals surface area (Å²) in [6.07, 6.45) is 7.90. The van der Waals surface area contributed by atoms with Crippen molar-refractivity contribution in [2.45, 2.75) is 83.4 Å². The number of hydrogen-bond donors (Lipinski definition) is 2. The number of carbonyl (C=O) groups is 2. The third-order valence-electron chi connectivity index (χ3n) is 9.13. The number of carboxylic acid groups (broad SMARTS) is 1. The van der Waals surface area contributed by atoms with Crippen LogP contribution < -0.4 is 0 Å². The van der Waals surface area contributed by atoms with E-state index in [0.29, 0.717) is 19.3 Å². The average molecular weight is 417 g/mol. The molecule has 6 heteroatoms. The zero-order valence-electron chi connectivity index (χ0n) is 18.0. The molecule has 0 aromatic rings. The fraction of sp³-hybridized carbons (Fsp3) is 0.750. The van der Waals surface area contributed by atoms with Gasteiger partial charge in [-0.2, -0.15) is 0 Å². The first-order valence-corrected chi connectivity index (χ1v) is 11.4. The lowest BCUT2D eigenvalue weighted by Gasteiger charge is -2.59. The summed E-state index contributed by atoms with van der Waals surface area (Å²) in [6.45, 7) is 6.15. The maximum Gasteiger partial charge on any atom is 0.339 e. The summed E-state index contributed by atoms with van der Waals surface area (Å²) in [5.74, 6) is -0.722. The lowest BCUT2D eigenvalue weighted by molar-refractivity contribution is -0.210. The van der Waals surface area contributed by atoms with Crippen molar-refractivity contribution < 1.29 is 29.3 Å². The Balaban J connectivity index is 1.55. The van der Waals surface area contributed by atoms with E-state index in [9.17, 15) is 19.8 Å². The highest BCUT2D eigenvalue weighted by molar-refractivity contribution is 6.01. The minimum Gasteiger partial charge on any atom is -0.479 e. The van der Waals surface area contributed by atoms with Gasteiger partial charge in [-0.05, 0) is 56.1 Å². The van der Waals surface area contributed by atoms with Gasteiger partial charge in [-0.3, -0.25) is 4.79 Å². The summed E-state index contributed by atoms with van der Waals surface area (Å²) in [6, 6.07) is 0. The summed E-state index contributed by atoms with van der Waals surface area (Å²) in [7, 11) is 0. The first kappa shape index (κ1) is 20.4. The molecule has 0 spiro atoms. The summed E-state index contributed by atoms with van der Waals surface area (Å²) in [5.41, 5.74) is -1.37. The van der Waals surface area contributed by atoms with Crippen molar-refractivity contribution in [3.63, 3.8) is 0 Å². The third-order valence-corrected chi connectivity index (χ3v) is 9.13. The van der Waals surface area contributed by atoms with E-state index < -0.39 is 35.5 Å². The Morgan fingerprint density at radius 2 is 2.10 bits per heavy atom. The number of allylic oxidation sites excluding steroid dienone is 4. The molecule has 0 amide bonds. The van der Waals surface area contributed by atoms with Gasteiger partial charge in [0.15, 0.2) is 17.7 Å². The lowest BCUT2D eigenvalue weighted by atomic mass is 9.46. The maximum absolute atomic E-state index is 12.7. The predicted octanol–water partition coefficient (Wildman–Crippen LogP) is 3.24. The Morgan fingerprint density at radius 1 is 1.33 bits per heavy atom. The van der Waals surface area contributed by atoms with Crippen LogP contribution in [0.1, 0.15) is 59.3 Å². The first-order chi connectivity index (χ1) is 14.2. The number of aliphatic hydroxyl groups excluding tert-OH is 1. The second-order valence-electron chi connectivity index (χ2n) is 10.4. The Bertz CT molecular complexity index is 847. The SMILES string of the molecule is CCC[C@@H]1O[C@H]2CC3C4CCC5=CC(=O)C=CC5(C)C4[C@@H](O)CC3(C)[C@]2(C(=O)O)O1. The first-order valence-electron chi connectivity index (χ1n) is 11.4. The van der Waals surface area contributed by atoms with Crippen LogP contribution >= 0.6 is 0 Å². The standard InChI is InChI=1S/C24H32O6/c1-4-5-19-29-18-11-16-15-7-6-13-10-14(25)8-9-22(13,2)20(15)17(26)12-23(16,3)24(18,30-19)21(27)28/h8-10,15-20,26H,4-7,11-12H2,1-3H3,(H,27,28)/t15?,16?,17-,18-,19+,20?,22?,23?,24-/m0/s1.